The number of hydrogen-bond donors (Lipinski definition) is 2. The highest BCUT2D eigenvalue weighted by atomic mass is 35.5. The number of benzene rings is 2. The lowest BCUT2D eigenvalue weighted by molar-refractivity contribution is -0.121. The normalized spacial score (nSPS) is 10.3. The molecule has 0 bridgehead atoms. The van der Waals surface area contributed by atoms with E-state index < -0.39 is 0 Å². The molecule has 0 fully saturated rings. The average Bonchev–Trinajstić information content (AvgIpc) is 2.60. The van der Waals surface area contributed by atoms with E-state index in [2.05, 4.69) is 16.7 Å². The summed E-state index contributed by atoms with van der Waals surface area (Å²) in [5.74, 6) is 0.382. The van der Waals surface area contributed by atoms with Crippen LogP contribution in [0.2, 0.25) is 5.02 Å². The quantitative estimate of drug-likeness (QED) is 0.697. The minimum absolute atomic E-state index is 0.145. The Morgan fingerprint density at radius 3 is 2.54 bits per heavy atom. The van der Waals surface area contributed by atoms with E-state index in [0.29, 0.717) is 23.7 Å². The fraction of sp³-hybridized carbons (Fsp3) is 0.300. The zero-order valence-corrected chi connectivity index (χ0v) is 15.7. The van der Waals surface area contributed by atoms with Gasteiger partial charge in [-0.25, -0.2) is 0 Å². The molecule has 0 spiro atoms. The predicted molar refractivity (Wildman–Crippen MR) is 103 cm³/mol. The van der Waals surface area contributed by atoms with Crippen molar-refractivity contribution in [3.63, 3.8) is 0 Å². The lowest BCUT2D eigenvalue weighted by Gasteiger charge is -2.11. The van der Waals surface area contributed by atoms with Crippen molar-refractivity contribution in [3.8, 4) is 5.75 Å². The third-order valence-electron chi connectivity index (χ3n) is 3.77. The molecule has 0 radical (unpaired) electrons. The first-order chi connectivity index (χ1) is 12.5. The molecule has 0 saturated heterocycles. The minimum Gasteiger partial charge on any atom is -0.491 e. The van der Waals surface area contributed by atoms with E-state index in [1.807, 2.05) is 26.0 Å². The number of carbonyl (C=O) groups is 2. The van der Waals surface area contributed by atoms with Gasteiger partial charge in [-0.05, 0) is 37.6 Å². The SMILES string of the molecule is Cc1ccc(OCCNC(=O)CCNC(=O)c2ccccc2Cl)c(C)c1. The first-order valence-corrected chi connectivity index (χ1v) is 8.84. The summed E-state index contributed by atoms with van der Waals surface area (Å²) in [6, 6.07) is 12.8. The minimum atomic E-state index is -0.290. The van der Waals surface area contributed by atoms with Crippen LogP contribution in [0.1, 0.15) is 27.9 Å². The standard InChI is InChI=1S/C20H23ClN2O3/c1-14-7-8-18(15(2)13-14)26-12-11-22-19(24)9-10-23-20(25)16-5-3-4-6-17(16)21/h3-8,13H,9-12H2,1-2H3,(H,22,24)(H,23,25). The fourth-order valence-corrected chi connectivity index (χ4v) is 2.65. The van der Waals surface area contributed by atoms with Crippen molar-refractivity contribution in [2.75, 3.05) is 19.7 Å². The van der Waals surface area contributed by atoms with Gasteiger partial charge in [0.05, 0.1) is 17.1 Å². The molecule has 0 aliphatic carbocycles. The number of carbonyl (C=O) groups excluding carboxylic acids is 2. The fourth-order valence-electron chi connectivity index (χ4n) is 2.43. The van der Waals surface area contributed by atoms with Crippen LogP contribution in [-0.2, 0) is 4.79 Å². The number of aryl methyl sites for hydroxylation is 2. The topological polar surface area (TPSA) is 67.4 Å². The Balaban J connectivity index is 1.63. The Morgan fingerprint density at radius 2 is 1.81 bits per heavy atom. The van der Waals surface area contributed by atoms with Gasteiger partial charge in [-0.1, -0.05) is 41.4 Å². The molecule has 0 aromatic heterocycles. The van der Waals surface area contributed by atoms with Crippen LogP contribution in [0.25, 0.3) is 0 Å². The molecule has 5 nitrogen and oxygen atoms in total. The molecule has 0 heterocycles. The van der Waals surface area contributed by atoms with E-state index in [9.17, 15) is 9.59 Å². The summed E-state index contributed by atoms with van der Waals surface area (Å²) in [6.07, 6.45) is 0.194. The first kappa shape index (κ1) is 19.8. The first-order valence-electron chi connectivity index (χ1n) is 8.47. The second-order valence-corrected chi connectivity index (χ2v) is 6.36. The number of hydrogen-bond acceptors (Lipinski definition) is 3. The van der Waals surface area contributed by atoms with Crippen molar-refractivity contribution < 1.29 is 14.3 Å². The van der Waals surface area contributed by atoms with Gasteiger partial charge in [0.2, 0.25) is 5.91 Å². The molecule has 0 aliphatic rings. The van der Waals surface area contributed by atoms with Gasteiger partial charge < -0.3 is 15.4 Å². The van der Waals surface area contributed by atoms with Crippen LogP contribution >= 0.6 is 11.6 Å². The molecule has 2 N–H and O–H groups in total. The van der Waals surface area contributed by atoms with E-state index in [1.54, 1.807) is 24.3 Å². The van der Waals surface area contributed by atoms with E-state index in [1.165, 1.54) is 5.56 Å². The second-order valence-electron chi connectivity index (χ2n) is 5.95. The molecule has 0 unspecified atom stereocenters. The maximum absolute atomic E-state index is 12.0. The van der Waals surface area contributed by atoms with Crippen LogP contribution in [0.5, 0.6) is 5.75 Å². The molecule has 2 aromatic rings. The smallest absolute Gasteiger partial charge is 0.252 e. The average molecular weight is 375 g/mol. The number of nitrogens with one attached hydrogen (secondary N) is 2. The second kappa shape index (κ2) is 9.82. The summed E-state index contributed by atoms with van der Waals surface area (Å²) >= 11 is 5.96. The zero-order chi connectivity index (χ0) is 18.9. The third-order valence-corrected chi connectivity index (χ3v) is 4.10. The van der Waals surface area contributed by atoms with Gasteiger partial charge >= 0.3 is 0 Å². The predicted octanol–water partition coefficient (Wildman–Crippen LogP) is 3.27. The largest absolute Gasteiger partial charge is 0.491 e. The third kappa shape index (κ3) is 6.08. The number of amides is 2. The summed E-state index contributed by atoms with van der Waals surface area (Å²) in [5.41, 5.74) is 2.65. The highest BCUT2D eigenvalue weighted by molar-refractivity contribution is 6.33. The van der Waals surface area contributed by atoms with Crippen LogP contribution in [0.4, 0.5) is 0 Å². The van der Waals surface area contributed by atoms with Gasteiger partial charge in [-0.15, -0.1) is 0 Å². The summed E-state index contributed by atoms with van der Waals surface area (Å²) in [5, 5.41) is 5.84. The number of halogens is 1. The van der Waals surface area contributed by atoms with Crippen LogP contribution < -0.4 is 15.4 Å². The summed E-state index contributed by atoms with van der Waals surface area (Å²) in [6.45, 7) is 5.06. The molecular weight excluding hydrogens is 352 g/mol. The zero-order valence-electron chi connectivity index (χ0n) is 15.0. The van der Waals surface area contributed by atoms with Crippen molar-refractivity contribution in [3.05, 3.63) is 64.2 Å². The summed E-state index contributed by atoms with van der Waals surface area (Å²) in [4.78, 5) is 23.8. The molecule has 0 aliphatic heterocycles. The van der Waals surface area contributed by atoms with Crippen LogP contribution in [-0.4, -0.2) is 31.5 Å². The molecular formula is C20H23ClN2O3. The van der Waals surface area contributed by atoms with E-state index in [-0.39, 0.29) is 24.8 Å². The highest BCUT2D eigenvalue weighted by Crippen LogP contribution is 2.18. The van der Waals surface area contributed by atoms with Gasteiger partial charge in [-0.3, -0.25) is 9.59 Å². The molecule has 0 atom stereocenters. The number of ether oxygens (including phenoxy) is 1. The van der Waals surface area contributed by atoms with Gasteiger partial charge in [0.15, 0.2) is 0 Å². The van der Waals surface area contributed by atoms with E-state index >= 15 is 0 Å². The Hall–Kier alpha value is -2.53. The molecule has 138 valence electrons. The Kier molecular flexibility index (Phi) is 7.48. The van der Waals surface area contributed by atoms with E-state index in [4.69, 9.17) is 16.3 Å². The monoisotopic (exact) mass is 374 g/mol. The van der Waals surface area contributed by atoms with Crippen LogP contribution in [0.15, 0.2) is 42.5 Å². The van der Waals surface area contributed by atoms with Crippen molar-refractivity contribution >= 4 is 23.4 Å². The Morgan fingerprint density at radius 1 is 1.04 bits per heavy atom. The molecule has 26 heavy (non-hydrogen) atoms. The molecule has 2 amide bonds. The van der Waals surface area contributed by atoms with Crippen molar-refractivity contribution in [1.29, 1.82) is 0 Å². The summed E-state index contributed by atoms with van der Waals surface area (Å²) in [7, 11) is 0. The van der Waals surface area contributed by atoms with Gasteiger partial charge in [0.1, 0.15) is 12.4 Å². The van der Waals surface area contributed by atoms with Gasteiger partial charge in [0.25, 0.3) is 5.91 Å². The lowest BCUT2D eigenvalue weighted by atomic mass is 10.1. The van der Waals surface area contributed by atoms with Crippen molar-refractivity contribution in [1.82, 2.24) is 10.6 Å². The summed E-state index contributed by atoms with van der Waals surface area (Å²) < 4.78 is 5.66. The molecule has 2 aromatic carbocycles. The Labute approximate surface area is 158 Å². The molecule has 2 rings (SSSR count). The van der Waals surface area contributed by atoms with Crippen molar-refractivity contribution in [2.45, 2.75) is 20.3 Å². The molecule has 0 saturated carbocycles. The van der Waals surface area contributed by atoms with Gasteiger partial charge in [0, 0.05) is 13.0 Å². The maximum Gasteiger partial charge on any atom is 0.252 e. The van der Waals surface area contributed by atoms with Crippen LogP contribution in [0.3, 0.4) is 0 Å². The van der Waals surface area contributed by atoms with E-state index in [0.717, 1.165) is 11.3 Å². The molecule has 6 heteroatoms. The van der Waals surface area contributed by atoms with Crippen LogP contribution in [0, 0.1) is 13.8 Å². The Bertz CT molecular complexity index is 777. The maximum atomic E-state index is 12.0. The highest BCUT2D eigenvalue weighted by Gasteiger charge is 2.09. The lowest BCUT2D eigenvalue weighted by Crippen LogP contribution is -2.32. The van der Waals surface area contributed by atoms with Crippen molar-refractivity contribution in [2.24, 2.45) is 0 Å². The van der Waals surface area contributed by atoms with Gasteiger partial charge in [-0.2, -0.15) is 0 Å². The number of rotatable bonds is 8.